The minimum atomic E-state index is -0.812. The molecule has 6 N–H and O–H groups in total. The molecule has 0 radical (unpaired) electrons. The van der Waals surface area contributed by atoms with Crippen molar-refractivity contribution in [3.8, 4) is 0 Å². The molecule has 0 spiro atoms. The SMILES string of the molecule is C[C@H]1C(NC(=O)C(N)CCCF)[C@@H](CO)O[C@H]1n1cnc2c(N)ncnc21. The number of ether oxygens (including phenoxy) is 1. The molecule has 10 nitrogen and oxygen atoms in total. The van der Waals surface area contributed by atoms with Crippen LogP contribution in [0.2, 0.25) is 0 Å². The molecule has 1 aliphatic heterocycles. The van der Waals surface area contributed by atoms with Gasteiger partial charge in [-0.1, -0.05) is 6.92 Å². The zero-order valence-corrected chi connectivity index (χ0v) is 15.0. The van der Waals surface area contributed by atoms with E-state index in [0.717, 1.165) is 0 Å². The number of nitrogen functional groups attached to an aromatic ring is 1. The van der Waals surface area contributed by atoms with Crippen LogP contribution in [0.5, 0.6) is 0 Å². The third-order valence-corrected chi connectivity index (χ3v) is 4.87. The van der Waals surface area contributed by atoms with Crippen molar-refractivity contribution in [1.29, 1.82) is 0 Å². The maximum Gasteiger partial charge on any atom is 0.237 e. The van der Waals surface area contributed by atoms with Crippen LogP contribution in [0, 0.1) is 5.92 Å². The lowest BCUT2D eigenvalue weighted by Gasteiger charge is -2.23. The lowest BCUT2D eigenvalue weighted by Crippen LogP contribution is -2.51. The molecule has 148 valence electrons. The number of nitrogens with one attached hydrogen (secondary N) is 1. The summed E-state index contributed by atoms with van der Waals surface area (Å²) in [6.45, 7) is 1.08. The van der Waals surface area contributed by atoms with Gasteiger partial charge in [0.15, 0.2) is 11.5 Å². The number of nitrogens with two attached hydrogens (primary N) is 2. The number of anilines is 1. The molecule has 5 atom stereocenters. The first-order valence-electron chi connectivity index (χ1n) is 8.79. The molecule has 2 aromatic rings. The number of halogens is 1. The summed E-state index contributed by atoms with van der Waals surface area (Å²) in [5.74, 6) is -0.357. The zero-order valence-electron chi connectivity index (χ0n) is 15.0. The van der Waals surface area contributed by atoms with Crippen molar-refractivity contribution in [3.63, 3.8) is 0 Å². The molecule has 1 saturated heterocycles. The number of fused-ring (bicyclic) bond motifs is 1. The van der Waals surface area contributed by atoms with Crippen LogP contribution in [0.4, 0.5) is 10.2 Å². The molecule has 11 heteroatoms. The summed E-state index contributed by atoms with van der Waals surface area (Å²) >= 11 is 0. The molecule has 3 heterocycles. The highest BCUT2D eigenvalue weighted by Crippen LogP contribution is 2.36. The van der Waals surface area contributed by atoms with Gasteiger partial charge in [-0.25, -0.2) is 15.0 Å². The van der Waals surface area contributed by atoms with Crippen molar-refractivity contribution < 1.29 is 19.0 Å². The molecule has 3 rings (SSSR count). The molecule has 1 amide bonds. The molecule has 0 saturated carbocycles. The topological polar surface area (TPSA) is 154 Å². The zero-order chi connectivity index (χ0) is 19.6. The lowest BCUT2D eigenvalue weighted by molar-refractivity contribution is -0.124. The van der Waals surface area contributed by atoms with E-state index in [0.29, 0.717) is 11.2 Å². The van der Waals surface area contributed by atoms with Crippen molar-refractivity contribution in [2.24, 2.45) is 11.7 Å². The third kappa shape index (κ3) is 3.70. The van der Waals surface area contributed by atoms with Gasteiger partial charge in [-0.3, -0.25) is 13.8 Å². The van der Waals surface area contributed by atoms with Crippen LogP contribution in [0.3, 0.4) is 0 Å². The van der Waals surface area contributed by atoms with Crippen LogP contribution in [-0.2, 0) is 9.53 Å². The average molecular weight is 381 g/mol. The number of carbonyl (C=O) groups excluding carboxylic acids is 1. The van der Waals surface area contributed by atoms with Gasteiger partial charge in [0.05, 0.1) is 31.7 Å². The van der Waals surface area contributed by atoms with E-state index in [1.165, 1.54) is 6.33 Å². The van der Waals surface area contributed by atoms with Crippen LogP contribution >= 0.6 is 0 Å². The van der Waals surface area contributed by atoms with Crippen LogP contribution in [0.1, 0.15) is 26.0 Å². The van der Waals surface area contributed by atoms with Crippen LogP contribution in [0.15, 0.2) is 12.7 Å². The summed E-state index contributed by atoms with van der Waals surface area (Å²) < 4.78 is 19.9. The van der Waals surface area contributed by atoms with Crippen molar-refractivity contribution >= 4 is 22.9 Å². The summed E-state index contributed by atoms with van der Waals surface area (Å²) in [7, 11) is 0. The number of alkyl halides is 1. The van der Waals surface area contributed by atoms with Gasteiger partial charge >= 0.3 is 0 Å². The fourth-order valence-electron chi connectivity index (χ4n) is 3.36. The molecule has 1 aliphatic rings. The fourth-order valence-corrected chi connectivity index (χ4v) is 3.36. The van der Waals surface area contributed by atoms with Crippen molar-refractivity contribution in [3.05, 3.63) is 12.7 Å². The Kier molecular flexibility index (Phi) is 5.82. The van der Waals surface area contributed by atoms with Gasteiger partial charge in [0.1, 0.15) is 24.2 Å². The van der Waals surface area contributed by atoms with Gasteiger partial charge in [0, 0.05) is 5.92 Å². The van der Waals surface area contributed by atoms with Crippen molar-refractivity contribution in [2.75, 3.05) is 19.0 Å². The summed E-state index contributed by atoms with van der Waals surface area (Å²) in [5.41, 5.74) is 12.6. The Balaban J connectivity index is 1.79. The summed E-state index contributed by atoms with van der Waals surface area (Å²) in [6, 6.07) is -1.28. The fraction of sp³-hybridized carbons (Fsp3) is 0.625. The van der Waals surface area contributed by atoms with E-state index in [1.807, 2.05) is 6.92 Å². The van der Waals surface area contributed by atoms with Crippen LogP contribution in [0.25, 0.3) is 11.2 Å². The van der Waals surface area contributed by atoms with Gasteiger partial charge in [0.2, 0.25) is 5.91 Å². The van der Waals surface area contributed by atoms with E-state index in [2.05, 4.69) is 20.3 Å². The molecular formula is C16H24FN7O3. The van der Waals surface area contributed by atoms with Crippen LogP contribution in [-0.4, -0.2) is 62.0 Å². The highest BCUT2D eigenvalue weighted by Gasteiger charge is 2.44. The minimum Gasteiger partial charge on any atom is -0.394 e. The predicted octanol–water partition coefficient (Wildman–Crippen LogP) is -0.504. The average Bonchev–Trinajstić information content (AvgIpc) is 3.22. The highest BCUT2D eigenvalue weighted by molar-refractivity contribution is 5.82. The number of carbonyl (C=O) groups is 1. The van der Waals surface area contributed by atoms with Gasteiger partial charge in [-0.15, -0.1) is 0 Å². The van der Waals surface area contributed by atoms with Gasteiger partial charge in [0.25, 0.3) is 0 Å². The van der Waals surface area contributed by atoms with Crippen molar-refractivity contribution in [2.45, 2.75) is 44.2 Å². The molecule has 1 fully saturated rings. The number of rotatable bonds is 7. The monoisotopic (exact) mass is 381 g/mol. The molecule has 0 aromatic carbocycles. The highest BCUT2D eigenvalue weighted by atomic mass is 19.1. The molecule has 2 unspecified atom stereocenters. The lowest BCUT2D eigenvalue weighted by atomic mass is 9.98. The quantitative estimate of drug-likeness (QED) is 0.500. The smallest absolute Gasteiger partial charge is 0.237 e. The number of amides is 1. The van der Waals surface area contributed by atoms with E-state index in [9.17, 15) is 14.3 Å². The Morgan fingerprint density at radius 3 is 2.96 bits per heavy atom. The molecule has 27 heavy (non-hydrogen) atoms. The number of aromatic nitrogens is 4. The number of nitrogens with zero attached hydrogens (tertiary/aromatic N) is 4. The minimum absolute atomic E-state index is 0.215. The van der Waals surface area contributed by atoms with E-state index in [-0.39, 0.29) is 31.2 Å². The molecule has 0 bridgehead atoms. The second-order valence-corrected chi connectivity index (χ2v) is 6.66. The van der Waals surface area contributed by atoms with Crippen molar-refractivity contribution in [1.82, 2.24) is 24.8 Å². The van der Waals surface area contributed by atoms with E-state index < -0.39 is 37.0 Å². The summed E-state index contributed by atoms with van der Waals surface area (Å²) in [4.78, 5) is 24.6. The number of hydrogen-bond acceptors (Lipinski definition) is 8. The Morgan fingerprint density at radius 2 is 2.26 bits per heavy atom. The standard InChI is InChI=1S/C16H24FN7O3/c1-8-11(23-15(26)9(18)3-2-4-17)10(5-25)27-16(8)24-7-22-12-13(19)20-6-21-14(12)24/h6-11,16,25H,2-5,18H2,1H3,(H,23,26)(H2,19,20,21)/t8-,9?,10+,11?,16+/m0/s1. The van der Waals surface area contributed by atoms with E-state index in [1.54, 1.807) is 10.9 Å². The molecule has 2 aromatic heterocycles. The summed E-state index contributed by atoms with van der Waals surface area (Å²) in [6.07, 6.45) is 2.21. The molecular weight excluding hydrogens is 357 g/mol. The predicted molar refractivity (Wildman–Crippen MR) is 95.0 cm³/mol. The van der Waals surface area contributed by atoms with E-state index >= 15 is 0 Å². The first kappa shape index (κ1) is 19.4. The maximum atomic E-state index is 12.3. The Labute approximate surface area is 155 Å². The second kappa shape index (κ2) is 8.11. The van der Waals surface area contributed by atoms with Gasteiger partial charge in [-0.2, -0.15) is 0 Å². The van der Waals surface area contributed by atoms with Crippen LogP contribution < -0.4 is 16.8 Å². The Bertz CT molecular complexity index is 801. The summed E-state index contributed by atoms with van der Waals surface area (Å²) in [5, 5.41) is 12.5. The second-order valence-electron chi connectivity index (χ2n) is 6.66. The number of hydrogen-bond donors (Lipinski definition) is 4. The van der Waals surface area contributed by atoms with Gasteiger partial charge < -0.3 is 26.6 Å². The normalized spacial score (nSPS) is 26.4. The maximum absolute atomic E-state index is 12.3. The van der Waals surface area contributed by atoms with Gasteiger partial charge in [-0.05, 0) is 12.8 Å². The first-order chi connectivity index (χ1) is 13.0. The molecule has 0 aliphatic carbocycles. The number of imidazole rings is 1. The largest absolute Gasteiger partial charge is 0.394 e. The Morgan fingerprint density at radius 1 is 1.48 bits per heavy atom. The third-order valence-electron chi connectivity index (χ3n) is 4.87. The first-order valence-corrected chi connectivity index (χ1v) is 8.79. The number of aliphatic hydroxyl groups is 1. The Hall–Kier alpha value is -2.37. The number of aliphatic hydroxyl groups excluding tert-OH is 1. The van der Waals surface area contributed by atoms with E-state index in [4.69, 9.17) is 16.2 Å².